The van der Waals surface area contributed by atoms with Gasteiger partial charge in [0.15, 0.2) is 0 Å². The molecule has 1 N–H and O–H groups in total. The lowest BCUT2D eigenvalue weighted by Crippen LogP contribution is -2.47. The summed E-state index contributed by atoms with van der Waals surface area (Å²) in [6, 6.07) is 7.61. The Morgan fingerprint density at radius 1 is 1.14 bits per heavy atom. The average molecular weight is 311 g/mol. The monoisotopic (exact) mass is 311 g/mol. The molecule has 0 aliphatic carbocycles. The highest BCUT2D eigenvalue weighted by atomic mass is 32.2. The van der Waals surface area contributed by atoms with Crippen molar-refractivity contribution < 1.29 is 8.42 Å². The molecule has 0 spiro atoms. The van der Waals surface area contributed by atoms with E-state index in [2.05, 4.69) is 21.6 Å². The summed E-state index contributed by atoms with van der Waals surface area (Å²) in [4.78, 5) is 4.59. The van der Waals surface area contributed by atoms with E-state index < -0.39 is 10.0 Å². The summed E-state index contributed by atoms with van der Waals surface area (Å²) in [5, 5.41) is 0. The maximum Gasteiger partial charge on any atom is 0.215 e. The molecule has 1 aromatic rings. The fourth-order valence-electron chi connectivity index (χ4n) is 2.46. The first kappa shape index (κ1) is 16.4. The summed E-state index contributed by atoms with van der Waals surface area (Å²) >= 11 is 0. The first-order chi connectivity index (χ1) is 9.96. The van der Waals surface area contributed by atoms with Crippen molar-refractivity contribution in [1.29, 1.82) is 0 Å². The summed E-state index contributed by atoms with van der Waals surface area (Å²) in [5.41, 5.74) is 1.88. The zero-order valence-electron chi connectivity index (χ0n) is 12.9. The van der Waals surface area contributed by atoms with Crippen LogP contribution in [0.25, 0.3) is 0 Å². The van der Waals surface area contributed by atoms with Gasteiger partial charge < -0.3 is 4.90 Å². The highest BCUT2D eigenvalue weighted by Crippen LogP contribution is 2.10. The molecule has 5 nitrogen and oxygen atoms in total. The number of nitrogens with one attached hydrogen (secondary N) is 1. The summed E-state index contributed by atoms with van der Waals surface area (Å²) < 4.78 is 26.9. The van der Waals surface area contributed by atoms with Crippen LogP contribution in [-0.2, 0) is 15.8 Å². The molecule has 0 radical (unpaired) electrons. The van der Waals surface area contributed by atoms with Gasteiger partial charge in [0.2, 0.25) is 10.0 Å². The molecular formula is C15H25N3O2S. The smallest absolute Gasteiger partial charge is 0.215 e. The summed E-state index contributed by atoms with van der Waals surface area (Å²) in [6.07, 6.45) is 0. The van der Waals surface area contributed by atoms with Gasteiger partial charge in [0.25, 0.3) is 0 Å². The number of piperazine rings is 1. The molecule has 118 valence electrons. The maximum absolute atomic E-state index is 12.1. The molecule has 2 rings (SSSR count). The minimum Gasteiger partial charge on any atom is -0.304 e. The van der Waals surface area contributed by atoms with E-state index in [9.17, 15) is 8.42 Å². The van der Waals surface area contributed by atoms with Gasteiger partial charge in [-0.2, -0.15) is 0 Å². The number of aryl methyl sites for hydroxylation is 1. The lowest BCUT2D eigenvalue weighted by molar-refractivity contribution is 0.156. The molecule has 21 heavy (non-hydrogen) atoms. The third-order valence-electron chi connectivity index (χ3n) is 3.95. The number of nitrogens with zero attached hydrogens (tertiary/aromatic N) is 2. The number of benzene rings is 1. The lowest BCUT2D eigenvalue weighted by Gasteiger charge is -2.32. The highest BCUT2D eigenvalue weighted by Gasteiger charge is 2.16. The molecule has 1 aromatic carbocycles. The minimum absolute atomic E-state index is 0.0579. The van der Waals surface area contributed by atoms with E-state index in [4.69, 9.17) is 0 Å². The molecular weight excluding hydrogens is 286 g/mol. The van der Waals surface area contributed by atoms with E-state index in [-0.39, 0.29) is 5.75 Å². The zero-order valence-corrected chi connectivity index (χ0v) is 13.7. The van der Waals surface area contributed by atoms with Crippen molar-refractivity contribution in [3.63, 3.8) is 0 Å². The van der Waals surface area contributed by atoms with Crippen LogP contribution in [0.4, 0.5) is 0 Å². The molecule has 0 unspecified atom stereocenters. The molecule has 1 heterocycles. The van der Waals surface area contributed by atoms with Crippen LogP contribution in [-0.4, -0.2) is 64.5 Å². The van der Waals surface area contributed by atoms with Crippen molar-refractivity contribution in [1.82, 2.24) is 14.5 Å². The van der Waals surface area contributed by atoms with E-state index in [1.807, 2.05) is 31.2 Å². The highest BCUT2D eigenvalue weighted by molar-refractivity contribution is 7.88. The van der Waals surface area contributed by atoms with Crippen molar-refractivity contribution >= 4 is 10.0 Å². The fourth-order valence-corrected chi connectivity index (χ4v) is 3.70. The van der Waals surface area contributed by atoms with Crippen LogP contribution in [0.1, 0.15) is 11.1 Å². The van der Waals surface area contributed by atoms with Gasteiger partial charge in [-0.3, -0.25) is 4.90 Å². The van der Waals surface area contributed by atoms with Crippen molar-refractivity contribution in [2.75, 3.05) is 46.3 Å². The minimum atomic E-state index is -3.26. The second-order valence-corrected chi connectivity index (χ2v) is 7.53. The van der Waals surface area contributed by atoms with Crippen molar-refractivity contribution in [2.24, 2.45) is 0 Å². The maximum atomic E-state index is 12.1. The third-order valence-corrected chi connectivity index (χ3v) is 5.29. The van der Waals surface area contributed by atoms with E-state index >= 15 is 0 Å². The summed E-state index contributed by atoms with van der Waals surface area (Å²) in [7, 11) is -1.14. The second kappa shape index (κ2) is 7.35. The van der Waals surface area contributed by atoms with Gasteiger partial charge in [-0.15, -0.1) is 0 Å². The Morgan fingerprint density at radius 3 is 2.48 bits per heavy atom. The Hall–Kier alpha value is -0.950. The fraction of sp³-hybridized carbons (Fsp3) is 0.600. The summed E-state index contributed by atoms with van der Waals surface area (Å²) in [5.74, 6) is 0.0579. The standard InChI is InChI=1S/C15H25N3O2S/c1-14-5-3-4-6-15(14)13-21(19,20)16-7-8-18-11-9-17(2)10-12-18/h3-6,16H,7-13H2,1-2H3. The lowest BCUT2D eigenvalue weighted by atomic mass is 10.1. The topological polar surface area (TPSA) is 52.7 Å². The van der Waals surface area contributed by atoms with Crippen molar-refractivity contribution in [2.45, 2.75) is 12.7 Å². The van der Waals surface area contributed by atoms with Gasteiger partial charge in [-0.1, -0.05) is 24.3 Å². The predicted molar refractivity (Wildman–Crippen MR) is 85.7 cm³/mol. The molecule has 0 atom stereocenters. The Labute approximate surface area is 128 Å². The first-order valence-corrected chi connectivity index (χ1v) is 9.04. The number of sulfonamides is 1. The Kier molecular flexibility index (Phi) is 5.75. The molecule has 6 heteroatoms. The van der Waals surface area contributed by atoms with Crippen molar-refractivity contribution in [3.05, 3.63) is 35.4 Å². The first-order valence-electron chi connectivity index (χ1n) is 7.39. The Bertz CT molecular complexity index is 552. The van der Waals surface area contributed by atoms with Crippen LogP contribution in [0.3, 0.4) is 0 Å². The van der Waals surface area contributed by atoms with Crippen molar-refractivity contribution in [3.8, 4) is 0 Å². The predicted octanol–water partition coefficient (Wildman–Crippen LogP) is 0.662. The van der Waals surface area contributed by atoms with Crippen LogP contribution in [0.2, 0.25) is 0 Å². The second-order valence-electron chi connectivity index (χ2n) is 5.72. The largest absolute Gasteiger partial charge is 0.304 e. The molecule has 1 saturated heterocycles. The molecule has 1 fully saturated rings. The molecule has 0 amide bonds. The number of rotatable bonds is 6. The van der Waals surface area contributed by atoms with Gasteiger partial charge in [0, 0.05) is 39.3 Å². The number of hydrogen-bond acceptors (Lipinski definition) is 4. The normalized spacial score (nSPS) is 18.0. The van der Waals surface area contributed by atoms with Crippen LogP contribution in [0.15, 0.2) is 24.3 Å². The van der Waals surface area contributed by atoms with Gasteiger partial charge in [0.05, 0.1) is 5.75 Å². The van der Waals surface area contributed by atoms with Crippen LogP contribution in [0, 0.1) is 6.92 Å². The van der Waals surface area contributed by atoms with E-state index in [1.165, 1.54) is 0 Å². The van der Waals surface area contributed by atoms with Gasteiger partial charge in [0.1, 0.15) is 0 Å². The molecule has 1 aliphatic heterocycles. The molecule has 0 bridgehead atoms. The van der Waals surface area contributed by atoms with Gasteiger partial charge >= 0.3 is 0 Å². The quantitative estimate of drug-likeness (QED) is 0.839. The SMILES string of the molecule is Cc1ccccc1CS(=O)(=O)NCCN1CCN(C)CC1. The van der Waals surface area contributed by atoms with E-state index in [0.717, 1.165) is 43.9 Å². The molecule has 0 saturated carbocycles. The third kappa shape index (κ3) is 5.39. The average Bonchev–Trinajstić information content (AvgIpc) is 2.43. The molecule has 0 aromatic heterocycles. The number of likely N-dealkylation sites (N-methyl/N-ethyl adjacent to an activating group) is 1. The van der Waals surface area contributed by atoms with Crippen LogP contribution in [0.5, 0.6) is 0 Å². The van der Waals surface area contributed by atoms with Crippen LogP contribution < -0.4 is 4.72 Å². The molecule has 1 aliphatic rings. The van der Waals surface area contributed by atoms with Gasteiger partial charge in [-0.05, 0) is 25.1 Å². The summed E-state index contributed by atoms with van der Waals surface area (Å²) in [6.45, 7) is 7.33. The zero-order chi connectivity index (χ0) is 15.3. The van der Waals surface area contributed by atoms with E-state index in [0.29, 0.717) is 6.54 Å². The van der Waals surface area contributed by atoms with Crippen LogP contribution >= 0.6 is 0 Å². The van der Waals surface area contributed by atoms with E-state index in [1.54, 1.807) is 0 Å². The Morgan fingerprint density at radius 2 is 1.81 bits per heavy atom. The Balaban J connectivity index is 1.78. The van der Waals surface area contributed by atoms with Gasteiger partial charge in [-0.25, -0.2) is 13.1 Å². The number of hydrogen-bond donors (Lipinski definition) is 1.